The van der Waals surface area contributed by atoms with Crippen molar-refractivity contribution in [3.63, 3.8) is 0 Å². The van der Waals surface area contributed by atoms with Gasteiger partial charge >= 0.3 is 0 Å². The lowest BCUT2D eigenvalue weighted by molar-refractivity contribution is 0.233. The Kier molecular flexibility index (Phi) is 4.22. The monoisotopic (exact) mass is 244 g/mol. The van der Waals surface area contributed by atoms with E-state index in [1.807, 2.05) is 25.1 Å². The van der Waals surface area contributed by atoms with Crippen LogP contribution in [0.3, 0.4) is 0 Å². The molecule has 0 saturated carbocycles. The Morgan fingerprint density at radius 2 is 2.33 bits per heavy atom. The quantitative estimate of drug-likeness (QED) is 0.817. The summed E-state index contributed by atoms with van der Waals surface area (Å²) >= 11 is 0. The van der Waals surface area contributed by atoms with Crippen LogP contribution in [0.5, 0.6) is 5.75 Å². The molecule has 1 aliphatic rings. The average Bonchev–Trinajstić information content (AvgIpc) is 2.77. The van der Waals surface area contributed by atoms with Gasteiger partial charge in [-0.05, 0) is 57.5 Å². The van der Waals surface area contributed by atoms with Crippen molar-refractivity contribution in [2.45, 2.75) is 32.2 Å². The van der Waals surface area contributed by atoms with E-state index in [0.717, 1.165) is 12.0 Å². The van der Waals surface area contributed by atoms with Gasteiger partial charge in [0.2, 0.25) is 0 Å². The van der Waals surface area contributed by atoms with Crippen LogP contribution in [-0.2, 0) is 0 Å². The van der Waals surface area contributed by atoms with Crippen molar-refractivity contribution in [3.05, 3.63) is 29.3 Å². The van der Waals surface area contributed by atoms with Gasteiger partial charge in [-0.15, -0.1) is 0 Å². The second-order valence-electron chi connectivity index (χ2n) is 5.03. The number of nitriles is 1. The van der Waals surface area contributed by atoms with E-state index in [1.165, 1.54) is 19.4 Å². The highest BCUT2D eigenvalue weighted by Crippen LogP contribution is 2.21. The summed E-state index contributed by atoms with van der Waals surface area (Å²) in [6.45, 7) is 3.86. The lowest BCUT2D eigenvalue weighted by atomic mass is 10.1. The summed E-state index contributed by atoms with van der Waals surface area (Å²) in [6.07, 6.45) is 3.59. The third kappa shape index (κ3) is 3.02. The molecule has 0 aromatic heterocycles. The van der Waals surface area contributed by atoms with Gasteiger partial charge in [0, 0.05) is 6.04 Å². The molecular weight excluding hydrogens is 224 g/mol. The van der Waals surface area contributed by atoms with Crippen molar-refractivity contribution in [2.24, 2.45) is 0 Å². The summed E-state index contributed by atoms with van der Waals surface area (Å²) in [5.41, 5.74) is 1.73. The molecule has 1 atom stereocenters. The fraction of sp³-hybridized carbons (Fsp3) is 0.533. The fourth-order valence-corrected chi connectivity index (χ4v) is 2.51. The van der Waals surface area contributed by atoms with E-state index < -0.39 is 0 Å². The van der Waals surface area contributed by atoms with Crippen LogP contribution in [0.1, 0.15) is 30.4 Å². The molecule has 3 nitrogen and oxygen atoms in total. The second-order valence-corrected chi connectivity index (χ2v) is 5.03. The van der Waals surface area contributed by atoms with Gasteiger partial charge in [-0.2, -0.15) is 5.26 Å². The molecule has 0 spiro atoms. The van der Waals surface area contributed by atoms with E-state index in [-0.39, 0.29) is 0 Å². The zero-order valence-electron chi connectivity index (χ0n) is 11.1. The van der Waals surface area contributed by atoms with Crippen LogP contribution < -0.4 is 4.74 Å². The predicted molar refractivity (Wildman–Crippen MR) is 71.7 cm³/mol. The first-order chi connectivity index (χ1) is 8.70. The molecule has 1 saturated heterocycles. The third-order valence-corrected chi connectivity index (χ3v) is 3.64. The molecular formula is C15H20N2O. The van der Waals surface area contributed by atoms with Crippen LogP contribution in [0.25, 0.3) is 0 Å². The average molecular weight is 244 g/mol. The van der Waals surface area contributed by atoms with Gasteiger partial charge in [0.15, 0.2) is 0 Å². The summed E-state index contributed by atoms with van der Waals surface area (Å²) in [5.74, 6) is 0.712. The van der Waals surface area contributed by atoms with Crippen molar-refractivity contribution >= 4 is 0 Å². The molecule has 0 bridgehead atoms. The Bertz CT molecular complexity index is 450. The SMILES string of the molecule is Cc1ccc(OCCC2CCCN2C)c(C#N)c1. The summed E-state index contributed by atoms with van der Waals surface area (Å²) < 4.78 is 5.74. The molecule has 96 valence electrons. The standard InChI is InChI=1S/C15H20N2O/c1-12-5-6-15(13(10-12)11-16)18-9-7-14-4-3-8-17(14)2/h5-6,10,14H,3-4,7-9H2,1-2H3. The number of hydrogen-bond donors (Lipinski definition) is 0. The predicted octanol–water partition coefficient (Wildman–Crippen LogP) is 2.73. The Labute approximate surface area is 109 Å². The Balaban J connectivity index is 1.88. The maximum Gasteiger partial charge on any atom is 0.137 e. The zero-order valence-corrected chi connectivity index (χ0v) is 11.1. The van der Waals surface area contributed by atoms with Crippen LogP contribution in [0.2, 0.25) is 0 Å². The highest BCUT2D eigenvalue weighted by atomic mass is 16.5. The first-order valence-corrected chi connectivity index (χ1v) is 6.54. The van der Waals surface area contributed by atoms with Gasteiger partial charge < -0.3 is 9.64 Å². The van der Waals surface area contributed by atoms with Crippen molar-refractivity contribution in [3.8, 4) is 11.8 Å². The molecule has 1 unspecified atom stereocenters. The summed E-state index contributed by atoms with van der Waals surface area (Å²) in [4.78, 5) is 2.39. The van der Waals surface area contributed by atoms with Gasteiger partial charge in [0.05, 0.1) is 12.2 Å². The van der Waals surface area contributed by atoms with Crippen LogP contribution in [0.15, 0.2) is 18.2 Å². The Hall–Kier alpha value is -1.53. The number of aryl methyl sites for hydroxylation is 1. The van der Waals surface area contributed by atoms with Gasteiger partial charge in [0.25, 0.3) is 0 Å². The van der Waals surface area contributed by atoms with Crippen LogP contribution >= 0.6 is 0 Å². The maximum absolute atomic E-state index is 9.06. The minimum Gasteiger partial charge on any atom is -0.492 e. The van der Waals surface area contributed by atoms with E-state index in [2.05, 4.69) is 18.0 Å². The molecule has 0 aliphatic carbocycles. The van der Waals surface area contributed by atoms with Gasteiger partial charge in [0.1, 0.15) is 11.8 Å². The molecule has 1 aromatic carbocycles. The van der Waals surface area contributed by atoms with Crippen LogP contribution in [0, 0.1) is 18.3 Å². The van der Waals surface area contributed by atoms with Crippen LogP contribution in [0.4, 0.5) is 0 Å². The van der Waals surface area contributed by atoms with Gasteiger partial charge in [-0.3, -0.25) is 0 Å². The van der Waals surface area contributed by atoms with E-state index in [9.17, 15) is 0 Å². The molecule has 1 aliphatic heterocycles. The van der Waals surface area contributed by atoms with E-state index in [4.69, 9.17) is 10.00 Å². The van der Waals surface area contributed by atoms with E-state index in [0.29, 0.717) is 24.0 Å². The third-order valence-electron chi connectivity index (χ3n) is 3.64. The smallest absolute Gasteiger partial charge is 0.137 e. The summed E-state index contributed by atoms with van der Waals surface area (Å²) in [5, 5.41) is 9.06. The molecule has 18 heavy (non-hydrogen) atoms. The van der Waals surface area contributed by atoms with Gasteiger partial charge in [-0.1, -0.05) is 6.07 Å². The number of ether oxygens (including phenoxy) is 1. The normalized spacial score (nSPS) is 19.7. The molecule has 2 rings (SSSR count). The topological polar surface area (TPSA) is 36.3 Å². The first kappa shape index (κ1) is 12.9. The minimum absolute atomic E-state index is 0.634. The van der Waals surface area contributed by atoms with Crippen LogP contribution in [-0.4, -0.2) is 31.1 Å². The Morgan fingerprint density at radius 3 is 3.00 bits per heavy atom. The molecule has 3 heteroatoms. The van der Waals surface area contributed by atoms with E-state index in [1.54, 1.807) is 0 Å². The molecule has 0 amide bonds. The highest BCUT2D eigenvalue weighted by Gasteiger charge is 2.20. The lowest BCUT2D eigenvalue weighted by Gasteiger charge is -2.19. The van der Waals surface area contributed by atoms with Crippen molar-refractivity contribution in [1.82, 2.24) is 4.90 Å². The van der Waals surface area contributed by atoms with Gasteiger partial charge in [-0.25, -0.2) is 0 Å². The fourth-order valence-electron chi connectivity index (χ4n) is 2.51. The maximum atomic E-state index is 9.06. The minimum atomic E-state index is 0.634. The second kappa shape index (κ2) is 5.88. The van der Waals surface area contributed by atoms with Crippen molar-refractivity contribution < 1.29 is 4.74 Å². The number of benzene rings is 1. The molecule has 0 N–H and O–H groups in total. The largest absolute Gasteiger partial charge is 0.492 e. The summed E-state index contributed by atoms with van der Waals surface area (Å²) in [7, 11) is 2.17. The molecule has 0 radical (unpaired) electrons. The number of rotatable bonds is 4. The number of likely N-dealkylation sites (tertiary alicyclic amines) is 1. The Morgan fingerprint density at radius 1 is 1.50 bits per heavy atom. The zero-order chi connectivity index (χ0) is 13.0. The number of nitrogens with zero attached hydrogens (tertiary/aromatic N) is 2. The highest BCUT2D eigenvalue weighted by molar-refractivity contribution is 5.45. The van der Waals surface area contributed by atoms with Crippen molar-refractivity contribution in [1.29, 1.82) is 5.26 Å². The number of hydrogen-bond acceptors (Lipinski definition) is 3. The molecule has 1 aromatic rings. The van der Waals surface area contributed by atoms with E-state index >= 15 is 0 Å². The molecule has 1 heterocycles. The molecule has 1 fully saturated rings. The lowest BCUT2D eigenvalue weighted by Crippen LogP contribution is -2.26. The van der Waals surface area contributed by atoms with Crippen molar-refractivity contribution in [2.75, 3.05) is 20.2 Å². The summed E-state index contributed by atoms with van der Waals surface area (Å²) in [6, 6.07) is 8.58. The first-order valence-electron chi connectivity index (χ1n) is 6.54.